The first-order valence-corrected chi connectivity index (χ1v) is 9.36. The number of rotatable bonds is 3. The fraction of sp³-hybridized carbons (Fsp3) is 0.130. The number of alkyl halides is 6. The van der Waals surface area contributed by atoms with E-state index in [1.807, 2.05) is 0 Å². The van der Waals surface area contributed by atoms with Gasteiger partial charge in [0.15, 0.2) is 0 Å². The number of hydrogen-bond donors (Lipinski definition) is 1. The molecule has 201 valence electrons. The molecule has 0 aliphatic rings. The van der Waals surface area contributed by atoms with Crippen molar-refractivity contribution in [1.82, 2.24) is 0 Å². The molecule has 0 fully saturated rings. The molecule has 37 heavy (non-hydrogen) atoms. The Bertz CT molecular complexity index is 1170. The smallest absolute Gasteiger partial charge is 0.699 e. The van der Waals surface area contributed by atoms with Gasteiger partial charge in [-0.05, 0) is 17.7 Å². The molecule has 0 saturated carbocycles. The van der Waals surface area contributed by atoms with Gasteiger partial charge in [-0.25, -0.2) is 4.39 Å². The third kappa shape index (κ3) is 8.00. The van der Waals surface area contributed by atoms with E-state index < -0.39 is 34.3 Å². The molecule has 0 saturated heterocycles. The minimum atomic E-state index is -6.08. The van der Waals surface area contributed by atoms with Crippen LogP contribution in [-0.2, 0) is 30.2 Å². The van der Waals surface area contributed by atoms with Gasteiger partial charge in [0.25, 0.3) is 5.60 Å². The maximum Gasteiger partial charge on any atom is 1.00 e. The van der Waals surface area contributed by atoms with E-state index in [2.05, 4.69) is 13.7 Å². The third-order valence-corrected chi connectivity index (χ3v) is 4.52. The minimum Gasteiger partial charge on any atom is -0.699 e. The van der Waals surface area contributed by atoms with Gasteiger partial charge in [0.1, 0.15) is 5.82 Å². The number of non-ortho nitro benzene ring substituents is 1. The van der Waals surface area contributed by atoms with E-state index in [1.54, 1.807) is 12.1 Å². The van der Waals surface area contributed by atoms with Crippen molar-refractivity contribution in [2.75, 3.05) is 0 Å². The molecular formula is C23H16F7N2O4Os-2. The summed E-state index contributed by atoms with van der Waals surface area (Å²) in [7, 11) is 0. The summed E-state index contributed by atoms with van der Waals surface area (Å²) >= 11 is 0. The second-order valence-electron chi connectivity index (χ2n) is 6.90. The van der Waals surface area contributed by atoms with Crippen LogP contribution in [0.3, 0.4) is 0 Å². The summed E-state index contributed by atoms with van der Waals surface area (Å²) in [5.74, 6) is -1.36. The van der Waals surface area contributed by atoms with Crippen molar-refractivity contribution in [2.24, 2.45) is 0 Å². The Balaban J connectivity index is 0.000000836. The van der Waals surface area contributed by atoms with Gasteiger partial charge < -0.3 is 15.6 Å². The number of benzene rings is 3. The molecule has 1 radical (unpaired) electrons. The average Bonchev–Trinajstić information content (AvgIpc) is 2.79. The summed E-state index contributed by atoms with van der Waals surface area (Å²) in [6.45, 7) is 6.81. The molecule has 2 N–H and O–H groups in total. The fourth-order valence-corrected chi connectivity index (χ4v) is 2.78. The molecule has 0 spiro atoms. The quantitative estimate of drug-likeness (QED) is 0.104. The minimum absolute atomic E-state index is 0. The molecule has 0 amide bonds. The first-order chi connectivity index (χ1) is 16.6. The number of aliphatic hydroxyl groups is 1. The topological polar surface area (TPSA) is 104 Å². The average molecular weight is 708 g/mol. The van der Waals surface area contributed by atoms with Gasteiger partial charge in [0.2, 0.25) is 5.69 Å². The summed E-state index contributed by atoms with van der Waals surface area (Å²) in [6.07, 6.45) is -12.2. The number of nitro groups is 1. The van der Waals surface area contributed by atoms with Crippen LogP contribution in [0.5, 0.6) is 0 Å². The number of hydrogen-bond acceptors (Lipinski definition) is 4. The number of nitrogens with one attached hydrogen (secondary N) is 1. The molecule has 0 aromatic heterocycles. The zero-order valence-corrected chi connectivity index (χ0v) is 20.8. The first kappa shape index (κ1) is 33.5. The zero-order valence-electron chi connectivity index (χ0n) is 18.3. The van der Waals surface area contributed by atoms with E-state index >= 15 is 0 Å². The molecule has 3 aromatic carbocycles. The molecular weight excluding hydrogens is 691 g/mol. The third-order valence-electron chi connectivity index (χ3n) is 4.52. The number of nitrogens with zero attached hydrogens (tertiary/aromatic N) is 1. The molecule has 3 aromatic rings. The van der Waals surface area contributed by atoms with Gasteiger partial charge in [-0.15, -0.1) is 11.8 Å². The number of carbonyl (C=O) groups excluding carboxylic acids is 1. The normalized spacial score (nSPS) is 11.1. The van der Waals surface area contributed by atoms with Crippen molar-refractivity contribution in [2.45, 2.75) is 18.0 Å². The Labute approximate surface area is 219 Å². The fourth-order valence-electron chi connectivity index (χ4n) is 2.78. The molecule has 0 atom stereocenters. The summed E-state index contributed by atoms with van der Waals surface area (Å²) < 4.78 is 90.7. The van der Waals surface area contributed by atoms with E-state index in [1.165, 1.54) is 36.4 Å². The van der Waals surface area contributed by atoms with Crippen LogP contribution in [0, 0.1) is 22.9 Å². The van der Waals surface area contributed by atoms with Crippen LogP contribution in [0.2, 0.25) is 0 Å². The van der Waals surface area contributed by atoms with Crippen molar-refractivity contribution < 1.29 is 65.3 Å². The predicted octanol–water partition coefficient (Wildman–Crippen LogP) is 6.99. The Kier molecular flexibility index (Phi) is 11.9. The van der Waals surface area contributed by atoms with E-state index in [0.717, 1.165) is 0 Å². The van der Waals surface area contributed by atoms with Gasteiger partial charge in [0, 0.05) is 16.1 Å². The summed E-state index contributed by atoms with van der Waals surface area (Å²) in [4.78, 5) is 17.4. The molecule has 3 rings (SSSR count). The van der Waals surface area contributed by atoms with E-state index in [-0.39, 0.29) is 48.4 Å². The molecule has 14 heteroatoms. The van der Waals surface area contributed by atoms with Crippen LogP contribution in [0.25, 0.3) is 16.9 Å². The SMILES string of the molecule is [CH-]=O.[CH2-]c1cccc([N+](=O)[O-])c1.[NH-]c1ccc(-c2ccc(C(O)(C(F)(F)F)C(F)(F)F)cc2F)cc1.[Os+]. The van der Waals surface area contributed by atoms with E-state index in [9.17, 15) is 46.0 Å². The maximum atomic E-state index is 14.1. The summed E-state index contributed by atoms with van der Waals surface area (Å²) in [6, 6.07) is 12.4. The molecule has 0 unspecified atom stereocenters. The second kappa shape index (κ2) is 13.2. The molecule has 6 nitrogen and oxygen atoms in total. The van der Waals surface area contributed by atoms with Crippen molar-refractivity contribution >= 4 is 18.2 Å². The summed E-state index contributed by atoms with van der Waals surface area (Å²) in [5, 5.41) is 19.4. The van der Waals surface area contributed by atoms with Gasteiger partial charge >= 0.3 is 32.1 Å². The standard InChI is InChI=1S/C15H9F7NO.C7H6NO2.CHO.Os/c16-12-7-9(13(24,14(17,18)19)15(20,21)22)3-6-11(12)8-1-4-10(23)5-2-8;1-6-3-2-4-7(5-6)8(9)10;1-2;/h1-7,23-24H;2-5H,1H2;1H;/q3*-1;+1. The molecule has 0 bridgehead atoms. The molecule has 0 aliphatic carbocycles. The van der Waals surface area contributed by atoms with E-state index in [4.69, 9.17) is 10.5 Å². The van der Waals surface area contributed by atoms with Gasteiger partial charge in [-0.3, -0.25) is 16.9 Å². The first-order valence-electron chi connectivity index (χ1n) is 9.36. The van der Waals surface area contributed by atoms with Crippen molar-refractivity contribution in [3.63, 3.8) is 0 Å². The zero-order chi connectivity index (χ0) is 27.9. The Hall–Kier alpha value is -3.49. The predicted molar refractivity (Wildman–Crippen MR) is 116 cm³/mol. The van der Waals surface area contributed by atoms with Crippen LogP contribution < -0.4 is 0 Å². The second-order valence-corrected chi connectivity index (χ2v) is 6.90. The van der Waals surface area contributed by atoms with Crippen LogP contribution in [-0.4, -0.2) is 29.2 Å². The summed E-state index contributed by atoms with van der Waals surface area (Å²) in [5.41, 5.74) is 1.20. The Morgan fingerprint density at radius 3 is 1.78 bits per heavy atom. The monoisotopic (exact) mass is 709 g/mol. The maximum absolute atomic E-state index is 14.1. The number of halogens is 7. The molecule has 0 aliphatic heterocycles. The van der Waals surface area contributed by atoms with Gasteiger partial charge in [-0.2, -0.15) is 44.9 Å². The van der Waals surface area contributed by atoms with Crippen LogP contribution in [0.15, 0.2) is 66.7 Å². The van der Waals surface area contributed by atoms with Crippen LogP contribution in [0.1, 0.15) is 11.1 Å². The van der Waals surface area contributed by atoms with Crippen molar-refractivity contribution in [3.8, 4) is 11.1 Å². The largest absolute Gasteiger partial charge is 1.00 e. The van der Waals surface area contributed by atoms with Crippen LogP contribution in [0.4, 0.5) is 42.1 Å². The number of nitro benzene ring substituents is 1. The van der Waals surface area contributed by atoms with Crippen molar-refractivity contribution in [3.05, 3.63) is 106 Å². The Morgan fingerprint density at radius 2 is 1.41 bits per heavy atom. The molecule has 0 heterocycles. The van der Waals surface area contributed by atoms with Gasteiger partial charge in [-0.1, -0.05) is 42.5 Å². The van der Waals surface area contributed by atoms with Crippen LogP contribution >= 0.6 is 0 Å². The van der Waals surface area contributed by atoms with E-state index in [0.29, 0.717) is 17.7 Å². The Morgan fingerprint density at radius 1 is 0.892 bits per heavy atom. The van der Waals surface area contributed by atoms with Crippen molar-refractivity contribution in [1.29, 1.82) is 0 Å². The van der Waals surface area contributed by atoms with Gasteiger partial charge in [0.05, 0.1) is 0 Å².